The smallest absolute Gasteiger partial charge is 0.226 e. The summed E-state index contributed by atoms with van der Waals surface area (Å²) >= 11 is 0. The van der Waals surface area contributed by atoms with Crippen LogP contribution in [0.25, 0.3) is 0 Å². The van der Waals surface area contributed by atoms with Gasteiger partial charge in [0.2, 0.25) is 5.91 Å². The third kappa shape index (κ3) is 4.24. The van der Waals surface area contributed by atoms with Crippen molar-refractivity contribution in [3.05, 3.63) is 35.4 Å². The van der Waals surface area contributed by atoms with Crippen molar-refractivity contribution < 1.29 is 14.3 Å². The molecular formula is C21H29NO3. The third-order valence-corrected chi connectivity index (χ3v) is 5.94. The summed E-state index contributed by atoms with van der Waals surface area (Å²) in [6, 6.07) is 8.25. The minimum Gasteiger partial charge on any atom is -0.375 e. The Hall–Kier alpha value is -1.39. The zero-order chi connectivity index (χ0) is 17.3. The first-order chi connectivity index (χ1) is 12.1. The van der Waals surface area contributed by atoms with Crippen molar-refractivity contribution in [1.29, 1.82) is 0 Å². The zero-order valence-electron chi connectivity index (χ0n) is 15.2. The minimum atomic E-state index is -0.0468. The number of carbonyl (C=O) groups excluding carboxylic acids is 1. The van der Waals surface area contributed by atoms with Gasteiger partial charge >= 0.3 is 0 Å². The highest BCUT2D eigenvalue weighted by molar-refractivity contribution is 5.78. The maximum atomic E-state index is 12.6. The number of rotatable bonds is 5. The first kappa shape index (κ1) is 17.0. The Morgan fingerprint density at radius 2 is 1.96 bits per heavy atom. The molecule has 1 aromatic rings. The highest BCUT2D eigenvalue weighted by Gasteiger charge is 2.44. The number of benzene rings is 1. The molecule has 0 aromatic heterocycles. The molecule has 4 rings (SSSR count). The predicted molar refractivity (Wildman–Crippen MR) is 96.5 cm³/mol. The fraction of sp³-hybridized carbons (Fsp3) is 0.667. The van der Waals surface area contributed by atoms with Crippen LogP contribution in [0.4, 0.5) is 0 Å². The summed E-state index contributed by atoms with van der Waals surface area (Å²) in [5.74, 6) is 1.04. The van der Waals surface area contributed by atoms with Crippen molar-refractivity contribution in [3.8, 4) is 0 Å². The second-order valence-corrected chi connectivity index (χ2v) is 8.14. The first-order valence-electron chi connectivity index (χ1n) is 9.71. The lowest BCUT2D eigenvalue weighted by Crippen LogP contribution is -2.47. The molecule has 4 nitrogen and oxygen atoms in total. The van der Waals surface area contributed by atoms with Gasteiger partial charge in [-0.15, -0.1) is 0 Å². The van der Waals surface area contributed by atoms with Gasteiger partial charge < -0.3 is 14.4 Å². The molecule has 0 bridgehead atoms. The van der Waals surface area contributed by atoms with Crippen molar-refractivity contribution in [2.45, 2.75) is 57.2 Å². The number of nitrogens with zero attached hydrogens (tertiary/aromatic N) is 1. The molecule has 1 aliphatic carbocycles. The van der Waals surface area contributed by atoms with E-state index in [1.165, 1.54) is 18.4 Å². The number of piperidine rings is 1. The molecule has 4 heteroatoms. The molecular weight excluding hydrogens is 314 g/mol. The maximum Gasteiger partial charge on any atom is 0.226 e. The highest BCUT2D eigenvalue weighted by atomic mass is 16.6. The van der Waals surface area contributed by atoms with Crippen LogP contribution in [0, 0.1) is 12.8 Å². The Morgan fingerprint density at radius 1 is 1.24 bits per heavy atom. The second-order valence-electron chi connectivity index (χ2n) is 8.14. The first-order valence-corrected chi connectivity index (χ1v) is 9.71. The Kier molecular flexibility index (Phi) is 4.83. The highest BCUT2D eigenvalue weighted by Crippen LogP contribution is 2.38. The topological polar surface area (TPSA) is 38.8 Å². The summed E-state index contributed by atoms with van der Waals surface area (Å²) in [4.78, 5) is 14.6. The largest absolute Gasteiger partial charge is 0.375 e. The van der Waals surface area contributed by atoms with Gasteiger partial charge in [-0.05, 0) is 44.1 Å². The van der Waals surface area contributed by atoms with Crippen LogP contribution in [0.1, 0.15) is 43.2 Å². The standard InChI is InChI=1S/C21H29NO3/c1-16-2-4-17(5-3-16)12-20(23)22-10-8-21(9-11-22)13-19(15-25-21)24-14-18-6-7-18/h2-5,18-19H,6-15H2,1H3. The Bertz CT molecular complexity index is 600. The van der Waals surface area contributed by atoms with Gasteiger partial charge in [-0.3, -0.25) is 4.79 Å². The molecule has 1 saturated carbocycles. The van der Waals surface area contributed by atoms with Gasteiger partial charge in [-0.2, -0.15) is 0 Å². The zero-order valence-corrected chi connectivity index (χ0v) is 15.2. The van der Waals surface area contributed by atoms with Crippen molar-refractivity contribution in [2.75, 3.05) is 26.3 Å². The average molecular weight is 343 g/mol. The Morgan fingerprint density at radius 3 is 2.64 bits per heavy atom. The molecule has 1 aromatic carbocycles. The number of aryl methyl sites for hydroxylation is 1. The molecule has 3 fully saturated rings. The molecule has 2 heterocycles. The van der Waals surface area contributed by atoms with Crippen LogP contribution in [0.2, 0.25) is 0 Å². The van der Waals surface area contributed by atoms with E-state index in [0.29, 0.717) is 6.42 Å². The van der Waals surface area contributed by atoms with Crippen molar-refractivity contribution in [2.24, 2.45) is 5.92 Å². The van der Waals surface area contributed by atoms with Crippen molar-refractivity contribution in [1.82, 2.24) is 4.90 Å². The quantitative estimate of drug-likeness (QED) is 0.824. The molecule has 0 radical (unpaired) electrons. The average Bonchev–Trinajstić information content (AvgIpc) is 3.37. The van der Waals surface area contributed by atoms with E-state index in [0.717, 1.165) is 57.0 Å². The second kappa shape index (κ2) is 7.08. The molecule has 1 amide bonds. The van der Waals surface area contributed by atoms with Gasteiger partial charge in [0.25, 0.3) is 0 Å². The predicted octanol–water partition coefficient (Wildman–Crippen LogP) is 3.11. The van der Waals surface area contributed by atoms with Gasteiger partial charge in [0.05, 0.1) is 24.7 Å². The fourth-order valence-electron chi connectivity index (χ4n) is 3.97. The van der Waals surface area contributed by atoms with Crippen LogP contribution in [0.3, 0.4) is 0 Å². The number of ether oxygens (including phenoxy) is 2. The SMILES string of the molecule is Cc1ccc(CC(=O)N2CCC3(CC2)CC(OCC2CC2)CO3)cc1. The molecule has 2 saturated heterocycles. The van der Waals surface area contributed by atoms with E-state index in [-0.39, 0.29) is 17.6 Å². The number of hydrogen-bond acceptors (Lipinski definition) is 3. The Labute approximate surface area is 150 Å². The Balaban J connectivity index is 1.25. The minimum absolute atomic E-state index is 0.0468. The molecule has 2 aliphatic heterocycles. The molecule has 25 heavy (non-hydrogen) atoms. The summed E-state index contributed by atoms with van der Waals surface area (Å²) in [7, 11) is 0. The lowest BCUT2D eigenvalue weighted by atomic mass is 9.87. The van der Waals surface area contributed by atoms with E-state index < -0.39 is 0 Å². The van der Waals surface area contributed by atoms with E-state index in [2.05, 4.69) is 31.2 Å². The monoisotopic (exact) mass is 343 g/mol. The molecule has 3 aliphatic rings. The molecule has 1 unspecified atom stereocenters. The third-order valence-electron chi connectivity index (χ3n) is 5.94. The van der Waals surface area contributed by atoms with Crippen LogP contribution in [0.5, 0.6) is 0 Å². The number of likely N-dealkylation sites (tertiary alicyclic amines) is 1. The van der Waals surface area contributed by atoms with Crippen LogP contribution >= 0.6 is 0 Å². The molecule has 0 N–H and O–H groups in total. The van der Waals surface area contributed by atoms with Crippen LogP contribution in [-0.2, 0) is 20.7 Å². The number of hydrogen-bond donors (Lipinski definition) is 0. The summed E-state index contributed by atoms with van der Waals surface area (Å²) < 4.78 is 12.2. The lowest BCUT2D eigenvalue weighted by Gasteiger charge is -2.38. The van der Waals surface area contributed by atoms with Crippen molar-refractivity contribution >= 4 is 5.91 Å². The maximum absolute atomic E-state index is 12.6. The van der Waals surface area contributed by atoms with E-state index in [1.54, 1.807) is 0 Å². The van der Waals surface area contributed by atoms with Gasteiger partial charge in [-0.25, -0.2) is 0 Å². The van der Waals surface area contributed by atoms with Gasteiger partial charge in [0.15, 0.2) is 0 Å². The van der Waals surface area contributed by atoms with Crippen LogP contribution in [0.15, 0.2) is 24.3 Å². The summed E-state index contributed by atoms with van der Waals surface area (Å²) in [6.07, 6.45) is 6.30. The molecule has 136 valence electrons. The van der Waals surface area contributed by atoms with E-state index in [9.17, 15) is 4.79 Å². The summed E-state index contributed by atoms with van der Waals surface area (Å²) in [5, 5.41) is 0. The summed E-state index contributed by atoms with van der Waals surface area (Å²) in [5.41, 5.74) is 2.28. The molecule has 1 spiro atoms. The number of amides is 1. The van der Waals surface area contributed by atoms with E-state index in [4.69, 9.17) is 9.47 Å². The van der Waals surface area contributed by atoms with Crippen LogP contribution in [-0.4, -0.2) is 48.8 Å². The van der Waals surface area contributed by atoms with Gasteiger partial charge in [-0.1, -0.05) is 29.8 Å². The van der Waals surface area contributed by atoms with E-state index in [1.807, 2.05) is 4.90 Å². The van der Waals surface area contributed by atoms with Gasteiger partial charge in [0, 0.05) is 26.1 Å². The fourth-order valence-corrected chi connectivity index (χ4v) is 3.97. The van der Waals surface area contributed by atoms with Crippen LogP contribution < -0.4 is 0 Å². The lowest BCUT2D eigenvalue weighted by molar-refractivity contribution is -0.135. The normalized spacial score (nSPS) is 25.5. The van der Waals surface area contributed by atoms with Crippen molar-refractivity contribution in [3.63, 3.8) is 0 Å². The number of carbonyl (C=O) groups is 1. The molecule has 1 atom stereocenters. The van der Waals surface area contributed by atoms with E-state index >= 15 is 0 Å². The van der Waals surface area contributed by atoms with Gasteiger partial charge in [0.1, 0.15) is 0 Å². The summed E-state index contributed by atoms with van der Waals surface area (Å²) in [6.45, 7) is 5.31.